The molecule has 0 unspecified atom stereocenters. The quantitative estimate of drug-likeness (QED) is 0.567. The summed E-state index contributed by atoms with van der Waals surface area (Å²) in [6, 6.07) is 9.13. The Morgan fingerprint density at radius 3 is 2.46 bits per heavy atom. The third-order valence-corrected chi connectivity index (χ3v) is 6.56. The van der Waals surface area contributed by atoms with Crippen LogP contribution in [0.2, 0.25) is 0 Å². The van der Waals surface area contributed by atoms with E-state index in [-0.39, 0.29) is 17.2 Å². The van der Waals surface area contributed by atoms with Gasteiger partial charge in [0.15, 0.2) is 17.4 Å². The first-order chi connectivity index (χ1) is 17.6. The molecule has 2 amide bonds. The molecule has 2 aliphatic rings. The number of fused-ring (bicyclic) bond motifs is 1. The van der Waals surface area contributed by atoms with E-state index in [1.165, 1.54) is 12.1 Å². The van der Waals surface area contributed by atoms with Crippen LogP contribution in [0.1, 0.15) is 40.1 Å². The third kappa shape index (κ3) is 5.29. The molecule has 3 aromatic rings. The second-order valence-electron chi connectivity index (χ2n) is 10.2. The van der Waals surface area contributed by atoms with Crippen molar-refractivity contribution in [2.75, 3.05) is 38.5 Å². The molecule has 1 fully saturated rings. The van der Waals surface area contributed by atoms with Gasteiger partial charge in [0, 0.05) is 68.6 Å². The Kier molecular flexibility index (Phi) is 6.36. The topological polar surface area (TPSA) is 88.9 Å². The molecule has 2 aliphatic heterocycles. The molecule has 1 aromatic heterocycles. The monoisotopic (exact) mass is 507 g/mol. The molecule has 194 valence electrons. The van der Waals surface area contributed by atoms with E-state index < -0.39 is 17.3 Å². The molecule has 0 aliphatic carbocycles. The summed E-state index contributed by atoms with van der Waals surface area (Å²) < 4.78 is 28.8. The average Bonchev–Trinajstić information content (AvgIpc) is 3.40. The number of nitrogens with zero attached hydrogens (tertiary/aromatic N) is 4. The Labute approximate surface area is 214 Å². The fourth-order valence-electron chi connectivity index (χ4n) is 4.56. The minimum absolute atomic E-state index is 0.0379. The molecular weight excluding hydrogens is 477 g/mol. The Hall–Kier alpha value is -3.92. The molecule has 2 aromatic carbocycles. The van der Waals surface area contributed by atoms with Crippen LogP contribution in [0.5, 0.6) is 17.2 Å². The maximum Gasteiger partial charge on any atom is 0.257 e. The first-order valence-electron chi connectivity index (χ1n) is 12.2. The van der Waals surface area contributed by atoms with Crippen LogP contribution in [0, 0.1) is 5.82 Å². The number of likely N-dealkylation sites (N-methyl/N-ethyl adjacent to an activating group) is 1. The number of amides is 2. The molecule has 5 rings (SSSR count). The minimum Gasteiger partial charge on any atom is -0.487 e. The van der Waals surface area contributed by atoms with Crippen LogP contribution in [0.4, 0.5) is 10.2 Å². The van der Waals surface area contributed by atoms with Gasteiger partial charge in [0.05, 0.1) is 0 Å². The predicted molar refractivity (Wildman–Crippen MR) is 136 cm³/mol. The zero-order chi connectivity index (χ0) is 26.3. The van der Waals surface area contributed by atoms with E-state index in [9.17, 15) is 9.59 Å². The van der Waals surface area contributed by atoms with Crippen molar-refractivity contribution in [3.8, 4) is 17.2 Å². The number of hydrogen-bond acceptors (Lipinski definition) is 6. The molecule has 0 saturated carbocycles. The minimum atomic E-state index is -0.657. The highest BCUT2D eigenvalue weighted by Gasteiger charge is 2.34. The number of halogens is 1. The SMILES string of the molecule is CN1CCN(C(=O)c2ccc(Oc3cc(C(=O)Nc4ccn(C)n4)cc4c3CC(C)(C)O4)c(F)c2)CC1. The molecule has 10 heteroatoms. The lowest BCUT2D eigenvalue weighted by Gasteiger charge is -2.32. The van der Waals surface area contributed by atoms with Crippen LogP contribution in [0.25, 0.3) is 0 Å². The van der Waals surface area contributed by atoms with Gasteiger partial charge in [-0.15, -0.1) is 0 Å². The molecule has 3 heterocycles. The second-order valence-corrected chi connectivity index (χ2v) is 10.2. The fourth-order valence-corrected chi connectivity index (χ4v) is 4.56. The van der Waals surface area contributed by atoms with E-state index in [0.29, 0.717) is 42.4 Å². The van der Waals surface area contributed by atoms with E-state index in [2.05, 4.69) is 15.3 Å². The number of benzene rings is 2. The first-order valence-corrected chi connectivity index (χ1v) is 12.2. The fraction of sp³-hybridized carbons (Fsp3) is 0.370. The van der Waals surface area contributed by atoms with E-state index in [1.54, 1.807) is 47.1 Å². The first kappa shape index (κ1) is 24.8. The standard InChI is InChI=1S/C27H30FN5O4/c1-27(2)16-19-22(14-18(15-23(19)37-27)25(34)29-24-7-8-32(4)30-24)36-21-6-5-17(13-20(21)28)26(35)33-11-9-31(3)10-12-33/h5-8,13-15H,9-12,16H2,1-4H3,(H,29,30,34). The molecule has 9 nitrogen and oxygen atoms in total. The average molecular weight is 508 g/mol. The maximum absolute atomic E-state index is 15.2. The molecule has 1 N–H and O–H groups in total. The highest BCUT2D eigenvalue weighted by atomic mass is 19.1. The zero-order valence-corrected chi connectivity index (χ0v) is 21.4. The molecule has 0 bridgehead atoms. The summed E-state index contributed by atoms with van der Waals surface area (Å²) in [7, 11) is 3.76. The van der Waals surface area contributed by atoms with Crippen molar-refractivity contribution in [3.63, 3.8) is 0 Å². The Balaban J connectivity index is 1.40. The van der Waals surface area contributed by atoms with Crippen LogP contribution in [0.15, 0.2) is 42.6 Å². The van der Waals surface area contributed by atoms with Crippen molar-refractivity contribution >= 4 is 17.6 Å². The van der Waals surface area contributed by atoms with E-state index in [0.717, 1.165) is 18.7 Å². The van der Waals surface area contributed by atoms with Crippen molar-refractivity contribution in [1.29, 1.82) is 0 Å². The number of ether oxygens (including phenoxy) is 2. The second kappa shape index (κ2) is 9.51. The van der Waals surface area contributed by atoms with Crippen molar-refractivity contribution in [2.45, 2.75) is 25.9 Å². The summed E-state index contributed by atoms with van der Waals surface area (Å²) in [6.45, 7) is 6.63. The number of aryl methyl sites for hydroxylation is 1. The molecule has 37 heavy (non-hydrogen) atoms. The van der Waals surface area contributed by atoms with Gasteiger partial charge in [-0.1, -0.05) is 0 Å². The van der Waals surface area contributed by atoms with Crippen LogP contribution >= 0.6 is 0 Å². The van der Waals surface area contributed by atoms with Crippen LogP contribution in [-0.4, -0.2) is 70.2 Å². The van der Waals surface area contributed by atoms with Crippen molar-refractivity contribution < 1.29 is 23.5 Å². The van der Waals surface area contributed by atoms with Crippen LogP contribution in [0.3, 0.4) is 0 Å². The highest BCUT2D eigenvalue weighted by molar-refractivity contribution is 6.04. The Morgan fingerprint density at radius 2 is 1.78 bits per heavy atom. The van der Waals surface area contributed by atoms with Gasteiger partial charge in [-0.25, -0.2) is 4.39 Å². The smallest absolute Gasteiger partial charge is 0.257 e. The number of piperazine rings is 1. The number of aromatic nitrogens is 2. The Bertz CT molecular complexity index is 1360. The summed E-state index contributed by atoms with van der Waals surface area (Å²) in [5, 5.41) is 6.92. The van der Waals surface area contributed by atoms with E-state index in [4.69, 9.17) is 9.47 Å². The Morgan fingerprint density at radius 1 is 1.03 bits per heavy atom. The predicted octanol–water partition coefficient (Wildman–Crippen LogP) is 3.70. The van der Waals surface area contributed by atoms with Gasteiger partial charge in [-0.2, -0.15) is 5.10 Å². The van der Waals surface area contributed by atoms with Crippen molar-refractivity contribution in [3.05, 3.63) is 65.1 Å². The van der Waals surface area contributed by atoms with Gasteiger partial charge in [0.2, 0.25) is 0 Å². The van der Waals surface area contributed by atoms with Crippen molar-refractivity contribution in [2.24, 2.45) is 7.05 Å². The van der Waals surface area contributed by atoms with Gasteiger partial charge in [0.25, 0.3) is 11.8 Å². The van der Waals surface area contributed by atoms with Gasteiger partial charge in [-0.05, 0) is 51.2 Å². The lowest BCUT2D eigenvalue weighted by molar-refractivity contribution is 0.0663. The summed E-state index contributed by atoms with van der Waals surface area (Å²) in [5.41, 5.74) is 0.803. The molecular formula is C27H30FN5O4. The molecule has 0 atom stereocenters. The maximum atomic E-state index is 15.2. The van der Waals surface area contributed by atoms with Gasteiger partial charge >= 0.3 is 0 Å². The zero-order valence-electron chi connectivity index (χ0n) is 21.4. The highest BCUT2D eigenvalue weighted by Crippen LogP contribution is 2.43. The van der Waals surface area contributed by atoms with Crippen LogP contribution < -0.4 is 14.8 Å². The van der Waals surface area contributed by atoms with Gasteiger partial charge in [-0.3, -0.25) is 14.3 Å². The summed E-state index contributed by atoms with van der Waals surface area (Å²) in [4.78, 5) is 29.7. The number of nitrogens with one attached hydrogen (secondary N) is 1. The van der Waals surface area contributed by atoms with Crippen molar-refractivity contribution in [1.82, 2.24) is 19.6 Å². The number of carbonyl (C=O) groups excluding carboxylic acids is 2. The third-order valence-electron chi connectivity index (χ3n) is 6.56. The lowest BCUT2D eigenvalue weighted by atomic mass is 9.99. The largest absolute Gasteiger partial charge is 0.487 e. The molecule has 1 saturated heterocycles. The van der Waals surface area contributed by atoms with Gasteiger partial charge < -0.3 is 24.6 Å². The molecule has 0 radical (unpaired) electrons. The normalized spacial score (nSPS) is 16.7. The van der Waals surface area contributed by atoms with Crippen LogP contribution in [-0.2, 0) is 13.5 Å². The number of hydrogen-bond donors (Lipinski definition) is 1. The van der Waals surface area contributed by atoms with E-state index in [1.807, 2.05) is 20.9 Å². The number of carbonyl (C=O) groups is 2. The molecule has 0 spiro atoms. The lowest BCUT2D eigenvalue weighted by Crippen LogP contribution is -2.47. The summed E-state index contributed by atoms with van der Waals surface area (Å²) >= 11 is 0. The number of anilines is 1. The summed E-state index contributed by atoms with van der Waals surface area (Å²) in [5.74, 6) is -0.0546. The summed E-state index contributed by atoms with van der Waals surface area (Å²) in [6.07, 6.45) is 2.25. The van der Waals surface area contributed by atoms with E-state index >= 15 is 4.39 Å². The van der Waals surface area contributed by atoms with Gasteiger partial charge in [0.1, 0.15) is 17.1 Å². The number of rotatable bonds is 5.